The Bertz CT molecular complexity index is 876. The standard InChI is InChI=1S/C20H22N4O4/c1-25-13-5-7-17(27-3)15(11-13)22-19-9-10-21-20(24-19)23-16-12-14(26-2)6-8-18(16)28-4/h5-12H,1-4H3,(H2,21,22,23,24). The molecule has 0 bridgehead atoms. The lowest BCUT2D eigenvalue weighted by atomic mass is 10.2. The van der Waals surface area contributed by atoms with Gasteiger partial charge in [-0.2, -0.15) is 4.98 Å². The summed E-state index contributed by atoms with van der Waals surface area (Å²) in [5.41, 5.74) is 1.42. The molecule has 0 unspecified atom stereocenters. The number of hydrogen-bond donors (Lipinski definition) is 2. The minimum atomic E-state index is 0.401. The van der Waals surface area contributed by atoms with Crippen LogP contribution in [0.5, 0.6) is 23.0 Å². The van der Waals surface area contributed by atoms with E-state index in [2.05, 4.69) is 20.6 Å². The Morgan fingerprint density at radius 2 is 1.25 bits per heavy atom. The molecule has 1 aromatic heterocycles. The second kappa shape index (κ2) is 8.81. The van der Waals surface area contributed by atoms with Gasteiger partial charge < -0.3 is 29.6 Å². The molecular formula is C20H22N4O4. The Morgan fingerprint density at radius 1 is 0.679 bits per heavy atom. The molecule has 0 amide bonds. The summed E-state index contributed by atoms with van der Waals surface area (Å²) in [5, 5.41) is 6.38. The molecular weight excluding hydrogens is 360 g/mol. The highest BCUT2D eigenvalue weighted by atomic mass is 16.5. The molecule has 0 saturated carbocycles. The maximum atomic E-state index is 5.39. The fourth-order valence-corrected chi connectivity index (χ4v) is 2.57. The summed E-state index contributed by atoms with van der Waals surface area (Å²) in [4.78, 5) is 8.77. The molecule has 146 valence electrons. The highest BCUT2D eigenvalue weighted by Gasteiger charge is 2.10. The van der Waals surface area contributed by atoms with E-state index in [1.807, 2.05) is 36.4 Å². The fraction of sp³-hybridized carbons (Fsp3) is 0.200. The molecule has 28 heavy (non-hydrogen) atoms. The molecule has 3 rings (SSSR count). The zero-order valence-electron chi connectivity index (χ0n) is 16.1. The van der Waals surface area contributed by atoms with Gasteiger partial charge in [0.2, 0.25) is 5.95 Å². The molecule has 0 aliphatic carbocycles. The van der Waals surface area contributed by atoms with E-state index in [0.29, 0.717) is 40.5 Å². The third-order valence-electron chi connectivity index (χ3n) is 3.98. The number of nitrogens with one attached hydrogen (secondary N) is 2. The molecule has 0 aliphatic rings. The highest BCUT2D eigenvalue weighted by Crippen LogP contribution is 2.33. The Balaban J connectivity index is 1.86. The number of hydrogen-bond acceptors (Lipinski definition) is 8. The van der Waals surface area contributed by atoms with E-state index in [9.17, 15) is 0 Å². The first-order valence-corrected chi connectivity index (χ1v) is 8.48. The van der Waals surface area contributed by atoms with Crippen molar-refractivity contribution in [2.75, 3.05) is 39.1 Å². The van der Waals surface area contributed by atoms with Gasteiger partial charge >= 0.3 is 0 Å². The second-order valence-electron chi connectivity index (χ2n) is 5.65. The average molecular weight is 382 g/mol. The molecule has 0 spiro atoms. The average Bonchev–Trinajstić information content (AvgIpc) is 2.73. The van der Waals surface area contributed by atoms with Gasteiger partial charge in [0.05, 0.1) is 39.8 Å². The third kappa shape index (κ3) is 4.35. The number of aromatic nitrogens is 2. The van der Waals surface area contributed by atoms with Crippen molar-refractivity contribution in [2.45, 2.75) is 0 Å². The number of rotatable bonds is 8. The van der Waals surface area contributed by atoms with E-state index < -0.39 is 0 Å². The van der Waals surface area contributed by atoms with E-state index in [0.717, 1.165) is 5.69 Å². The van der Waals surface area contributed by atoms with Gasteiger partial charge in [-0.25, -0.2) is 4.98 Å². The zero-order valence-corrected chi connectivity index (χ0v) is 16.1. The largest absolute Gasteiger partial charge is 0.497 e. The quantitative estimate of drug-likeness (QED) is 0.605. The van der Waals surface area contributed by atoms with Gasteiger partial charge in [0.15, 0.2) is 0 Å². The summed E-state index contributed by atoms with van der Waals surface area (Å²) in [6, 6.07) is 12.7. The monoisotopic (exact) mass is 382 g/mol. The van der Waals surface area contributed by atoms with Crippen molar-refractivity contribution < 1.29 is 18.9 Å². The van der Waals surface area contributed by atoms with Crippen molar-refractivity contribution in [3.63, 3.8) is 0 Å². The minimum Gasteiger partial charge on any atom is -0.497 e. The Hall–Kier alpha value is -3.68. The van der Waals surface area contributed by atoms with Crippen LogP contribution in [-0.4, -0.2) is 38.4 Å². The van der Waals surface area contributed by atoms with Crippen LogP contribution in [0.1, 0.15) is 0 Å². The second-order valence-corrected chi connectivity index (χ2v) is 5.65. The van der Waals surface area contributed by atoms with Crippen LogP contribution < -0.4 is 29.6 Å². The SMILES string of the molecule is COc1ccc(OC)c(Nc2ccnc(Nc3cc(OC)ccc3OC)n2)c1. The van der Waals surface area contributed by atoms with Crippen molar-refractivity contribution in [3.8, 4) is 23.0 Å². The van der Waals surface area contributed by atoms with Gasteiger partial charge in [-0.15, -0.1) is 0 Å². The predicted molar refractivity (Wildman–Crippen MR) is 108 cm³/mol. The van der Waals surface area contributed by atoms with Crippen LogP contribution in [0, 0.1) is 0 Å². The Morgan fingerprint density at radius 3 is 1.79 bits per heavy atom. The summed E-state index contributed by atoms with van der Waals surface area (Å²) in [6.45, 7) is 0. The first-order chi connectivity index (χ1) is 13.7. The van der Waals surface area contributed by atoms with Gasteiger partial charge in [0.25, 0.3) is 0 Å². The molecule has 3 aromatic rings. The zero-order chi connectivity index (χ0) is 19.9. The number of nitrogens with zero attached hydrogens (tertiary/aromatic N) is 2. The molecule has 0 aliphatic heterocycles. The van der Waals surface area contributed by atoms with Gasteiger partial charge in [0, 0.05) is 18.3 Å². The van der Waals surface area contributed by atoms with E-state index in [1.165, 1.54) is 0 Å². The van der Waals surface area contributed by atoms with Crippen LogP contribution in [0.15, 0.2) is 48.7 Å². The lowest BCUT2D eigenvalue weighted by Gasteiger charge is -2.14. The molecule has 8 nitrogen and oxygen atoms in total. The first-order valence-electron chi connectivity index (χ1n) is 8.48. The van der Waals surface area contributed by atoms with Crippen molar-refractivity contribution >= 4 is 23.1 Å². The summed E-state index contributed by atoms with van der Waals surface area (Å²) in [6.07, 6.45) is 1.65. The Labute approximate surface area is 163 Å². The lowest BCUT2D eigenvalue weighted by molar-refractivity contribution is 0.404. The molecule has 2 N–H and O–H groups in total. The van der Waals surface area contributed by atoms with Crippen LogP contribution in [0.4, 0.5) is 23.1 Å². The molecule has 8 heteroatoms. The van der Waals surface area contributed by atoms with E-state index >= 15 is 0 Å². The maximum Gasteiger partial charge on any atom is 0.229 e. The third-order valence-corrected chi connectivity index (χ3v) is 3.98. The van der Waals surface area contributed by atoms with Gasteiger partial charge in [-0.05, 0) is 30.3 Å². The lowest BCUT2D eigenvalue weighted by Crippen LogP contribution is -2.03. The minimum absolute atomic E-state index is 0.401. The van der Waals surface area contributed by atoms with Crippen molar-refractivity contribution in [3.05, 3.63) is 48.7 Å². The number of methoxy groups -OCH3 is 4. The molecule has 2 aromatic carbocycles. The molecule has 0 fully saturated rings. The number of benzene rings is 2. The summed E-state index contributed by atoms with van der Waals surface area (Å²) < 4.78 is 21.3. The summed E-state index contributed by atoms with van der Waals surface area (Å²) >= 11 is 0. The fourth-order valence-electron chi connectivity index (χ4n) is 2.57. The topological polar surface area (TPSA) is 86.8 Å². The van der Waals surface area contributed by atoms with Crippen molar-refractivity contribution in [1.29, 1.82) is 0 Å². The molecule has 0 saturated heterocycles. The Kier molecular flexibility index (Phi) is 6.01. The van der Waals surface area contributed by atoms with Crippen molar-refractivity contribution in [1.82, 2.24) is 9.97 Å². The van der Waals surface area contributed by atoms with Gasteiger partial charge in [-0.3, -0.25) is 0 Å². The smallest absolute Gasteiger partial charge is 0.229 e. The highest BCUT2D eigenvalue weighted by molar-refractivity contribution is 5.68. The van der Waals surface area contributed by atoms with Crippen LogP contribution in [0.2, 0.25) is 0 Å². The first kappa shape index (κ1) is 19.1. The maximum absolute atomic E-state index is 5.39. The van der Waals surface area contributed by atoms with Crippen LogP contribution >= 0.6 is 0 Å². The van der Waals surface area contributed by atoms with Gasteiger partial charge in [0.1, 0.15) is 28.8 Å². The van der Waals surface area contributed by atoms with Crippen molar-refractivity contribution in [2.24, 2.45) is 0 Å². The van der Waals surface area contributed by atoms with Crippen LogP contribution in [0.25, 0.3) is 0 Å². The van der Waals surface area contributed by atoms with E-state index in [4.69, 9.17) is 18.9 Å². The predicted octanol–water partition coefficient (Wildman–Crippen LogP) is 4.00. The normalized spacial score (nSPS) is 10.1. The van der Waals surface area contributed by atoms with Gasteiger partial charge in [-0.1, -0.05) is 0 Å². The molecule has 0 radical (unpaired) electrons. The van der Waals surface area contributed by atoms with E-state index in [-0.39, 0.29) is 0 Å². The molecule has 1 heterocycles. The van der Waals surface area contributed by atoms with E-state index in [1.54, 1.807) is 40.7 Å². The summed E-state index contributed by atoms with van der Waals surface area (Å²) in [7, 11) is 6.42. The van der Waals surface area contributed by atoms with Crippen LogP contribution in [0.3, 0.4) is 0 Å². The summed E-state index contributed by atoms with van der Waals surface area (Å²) in [5.74, 6) is 3.71. The molecule has 0 atom stereocenters. The number of anilines is 4. The van der Waals surface area contributed by atoms with Crippen LogP contribution in [-0.2, 0) is 0 Å². The number of ether oxygens (including phenoxy) is 4.